The molecule has 0 aliphatic heterocycles. The Kier molecular flexibility index (Phi) is 6.30. The molecule has 0 saturated heterocycles. The minimum atomic E-state index is -0.696. The second kappa shape index (κ2) is 8.90. The summed E-state index contributed by atoms with van der Waals surface area (Å²) in [5.74, 6) is 1.27. The van der Waals surface area contributed by atoms with Crippen LogP contribution in [0.1, 0.15) is 24.2 Å². The first-order valence-corrected chi connectivity index (χ1v) is 9.64. The minimum absolute atomic E-state index is 0.0626. The molecular weight excluding hydrogens is 386 g/mol. The predicted octanol–water partition coefficient (Wildman–Crippen LogP) is 4.14. The van der Waals surface area contributed by atoms with Crippen molar-refractivity contribution in [2.75, 3.05) is 39.3 Å². The molecule has 0 bridgehead atoms. The molecule has 0 spiro atoms. The molecule has 0 saturated carbocycles. The summed E-state index contributed by atoms with van der Waals surface area (Å²) in [5, 5.41) is 0.641. The number of nitrogens with zero attached hydrogens (tertiary/aromatic N) is 1. The molecule has 0 atom stereocenters. The summed E-state index contributed by atoms with van der Waals surface area (Å²) in [6.07, 6.45) is 0.516. The quantitative estimate of drug-likeness (QED) is 0.407. The number of ether oxygens (including phenoxy) is 3. The number of hydrogen-bond acceptors (Lipinski definition) is 7. The Morgan fingerprint density at radius 2 is 1.60 bits per heavy atom. The van der Waals surface area contributed by atoms with E-state index in [-0.39, 0.29) is 5.56 Å². The lowest BCUT2D eigenvalue weighted by molar-refractivity contribution is 0.112. The van der Waals surface area contributed by atoms with Crippen molar-refractivity contribution >= 4 is 22.9 Å². The third-order valence-corrected chi connectivity index (χ3v) is 5.13. The van der Waals surface area contributed by atoms with E-state index < -0.39 is 5.63 Å². The third-order valence-electron chi connectivity index (χ3n) is 5.13. The third kappa shape index (κ3) is 3.58. The molecule has 1 heterocycles. The molecule has 0 unspecified atom stereocenters. The van der Waals surface area contributed by atoms with Crippen molar-refractivity contribution < 1.29 is 23.4 Å². The zero-order valence-electron chi connectivity index (χ0n) is 17.8. The van der Waals surface area contributed by atoms with Gasteiger partial charge in [-0.05, 0) is 43.7 Å². The smallest absolute Gasteiger partial charge is 0.347 e. The highest BCUT2D eigenvalue weighted by Gasteiger charge is 2.21. The van der Waals surface area contributed by atoms with Gasteiger partial charge in [-0.1, -0.05) is 0 Å². The molecular formula is C23H25NO6. The molecule has 2 aromatic carbocycles. The number of aldehydes is 1. The van der Waals surface area contributed by atoms with E-state index in [2.05, 4.69) is 18.7 Å². The summed E-state index contributed by atoms with van der Waals surface area (Å²) in [4.78, 5) is 26.6. The van der Waals surface area contributed by atoms with Crippen LogP contribution in [0.4, 0.5) is 5.69 Å². The van der Waals surface area contributed by atoms with Crippen molar-refractivity contribution in [3.05, 3.63) is 46.3 Å². The largest absolute Gasteiger partial charge is 0.493 e. The summed E-state index contributed by atoms with van der Waals surface area (Å²) in [5.41, 5.74) is 1.62. The lowest BCUT2D eigenvalue weighted by Crippen LogP contribution is -2.21. The highest BCUT2D eigenvalue weighted by molar-refractivity contribution is 6.03. The molecule has 0 amide bonds. The van der Waals surface area contributed by atoms with E-state index in [1.807, 2.05) is 18.2 Å². The maximum atomic E-state index is 12.6. The van der Waals surface area contributed by atoms with Gasteiger partial charge in [-0.3, -0.25) is 4.79 Å². The first-order chi connectivity index (χ1) is 14.5. The second-order valence-electron chi connectivity index (χ2n) is 6.56. The summed E-state index contributed by atoms with van der Waals surface area (Å²) >= 11 is 0. The van der Waals surface area contributed by atoms with Crippen LogP contribution in [-0.2, 0) is 0 Å². The van der Waals surface area contributed by atoms with Gasteiger partial charge in [-0.25, -0.2) is 4.79 Å². The molecule has 0 aliphatic rings. The summed E-state index contributed by atoms with van der Waals surface area (Å²) in [6.45, 7) is 5.75. The SMILES string of the molecule is CCN(CC)c1ccc2c(-c3cc(OC)c(OC)c(OC)c3)c(C=O)c(=O)oc2c1. The normalized spacial score (nSPS) is 10.7. The van der Waals surface area contributed by atoms with Gasteiger partial charge < -0.3 is 23.5 Å². The zero-order chi connectivity index (χ0) is 21.8. The maximum absolute atomic E-state index is 12.6. The average molecular weight is 411 g/mol. The number of carbonyl (C=O) groups excluding carboxylic acids is 1. The lowest BCUT2D eigenvalue weighted by Gasteiger charge is -2.21. The van der Waals surface area contributed by atoms with Crippen molar-refractivity contribution in [1.29, 1.82) is 0 Å². The van der Waals surface area contributed by atoms with Gasteiger partial charge in [0.25, 0.3) is 0 Å². The van der Waals surface area contributed by atoms with Crippen LogP contribution < -0.4 is 24.7 Å². The topological polar surface area (TPSA) is 78.2 Å². The van der Waals surface area contributed by atoms with Crippen molar-refractivity contribution in [3.63, 3.8) is 0 Å². The standard InChI is InChI=1S/C23H25NO6/c1-6-24(7-2)15-8-9-16-18(12-15)30-23(26)17(13-25)21(16)14-10-19(27-3)22(29-5)20(11-14)28-4/h8-13H,6-7H2,1-5H3. The van der Waals surface area contributed by atoms with Gasteiger partial charge in [0.05, 0.1) is 21.3 Å². The number of rotatable bonds is 8. The number of benzene rings is 2. The fourth-order valence-corrected chi connectivity index (χ4v) is 3.63. The number of methoxy groups -OCH3 is 3. The zero-order valence-corrected chi connectivity index (χ0v) is 17.8. The fraction of sp³-hybridized carbons (Fsp3) is 0.304. The first-order valence-electron chi connectivity index (χ1n) is 9.64. The molecule has 7 nitrogen and oxygen atoms in total. The van der Waals surface area contributed by atoms with E-state index in [0.29, 0.717) is 45.6 Å². The highest BCUT2D eigenvalue weighted by atomic mass is 16.5. The predicted molar refractivity (Wildman–Crippen MR) is 117 cm³/mol. The first kappa shape index (κ1) is 21.2. The minimum Gasteiger partial charge on any atom is -0.493 e. The molecule has 3 rings (SSSR count). The lowest BCUT2D eigenvalue weighted by atomic mass is 9.96. The maximum Gasteiger partial charge on any atom is 0.347 e. The van der Waals surface area contributed by atoms with E-state index in [1.54, 1.807) is 12.1 Å². The van der Waals surface area contributed by atoms with E-state index in [0.717, 1.165) is 18.8 Å². The number of carbonyl (C=O) groups is 1. The molecule has 0 N–H and O–H groups in total. The van der Waals surface area contributed by atoms with Gasteiger partial charge in [0, 0.05) is 35.8 Å². The summed E-state index contributed by atoms with van der Waals surface area (Å²) in [6, 6.07) is 9.05. The van der Waals surface area contributed by atoms with Crippen molar-refractivity contribution in [2.24, 2.45) is 0 Å². The molecule has 0 radical (unpaired) electrons. The van der Waals surface area contributed by atoms with Gasteiger partial charge in [-0.15, -0.1) is 0 Å². The van der Waals surface area contributed by atoms with Gasteiger partial charge >= 0.3 is 5.63 Å². The van der Waals surface area contributed by atoms with Crippen LogP contribution in [0.2, 0.25) is 0 Å². The molecule has 158 valence electrons. The van der Waals surface area contributed by atoms with Crippen LogP contribution in [0.3, 0.4) is 0 Å². The summed E-state index contributed by atoms with van der Waals surface area (Å²) in [7, 11) is 4.53. The van der Waals surface area contributed by atoms with Crippen LogP contribution in [0, 0.1) is 0 Å². The molecule has 0 aliphatic carbocycles. The van der Waals surface area contributed by atoms with Gasteiger partial charge in [-0.2, -0.15) is 0 Å². The van der Waals surface area contributed by atoms with E-state index in [4.69, 9.17) is 18.6 Å². The van der Waals surface area contributed by atoms with Crippen LogP contribution in [0.25, 0.3) is 22.1 Å². The van der Waals surface area contributed by atoms with Gasteiger partial charge in [0.1, 0.15) is 11.1 Å². The van der Waals surface area contributed by atoms with Gasteiger partial charge in [0.2, 0.25) is 5.75 Å². The Labute approximate surface area is 174 Å². The van der Waals surface area contributed by atoms with Crippen LogP contribution >= 0.6 is 0 Å². The highest BCUT2D eigenvalue weighted by Crippen LogP contribution is 2.43. The van der Waals surface area contributed by atoms with Crippen LogP contribution in [0.5, 0.6) is 17.2 Å². The Bertz CT molecular complexity index is 1110. The van der Waals surface area contributed by atoms with Gasteiger partial charge in [0.15, 0.2) is 17.8 Å². The number of anilines is 1. The number of hydrogen-bond donors (Lipinski definition) is 0. The molecule has 7 heteroatoms. The Hall–Kier alpha value is -3.48. The van der Waals surface area contributed by atoms with Crippen LogP contribution in [0.15, 0.2) is 39.5 Å². The molecule has 3 aromatic rings. The van der Waals surface area contributed by atoms with E-state index >= 15 is 0 Å². The monoisotopic (exact) mass is 411 g/mol. The van der Waals surface area contributed by atoms with E-state index in [1.165, 1.54) is 21.3 Å². The Morgan fingerprint density at radius 1 is 0.967 bits per heavy atom. The van der Waals surface area contributed by atoms with Crippen molar-refractivity contribution in [3.8, 4) is 28.4 Å². The Morgan fingerprint density at radius 3 is 2.10 bits per heavy atom. The van der Waals surface area contributed by atoms with Crippen LogP contribution in [-0.4, -0.2) is 40.7 Å². The van der Waals surface area contributed by atoms with Crippen molar-refractivity contribution in [1.82, 2.24) is 0 Å². The average Bonchev–Trinajstić information content (AvgIpc) is 2.77. The molecule has 0 fully saturated rings. The molecule has 30 heavy (non-hydrogen) atoms. The fourth-order valence-electron chi connectivity index (χ4n) is 3.63. The Balaban J connectivity index is 2.37. The number of fused-ring (bicyclic) bond motifs is 1. The van der Waals surface area contributed by atoms with E-state index in [9.17, 15) is 9.59 Å². The second-order valence-corrected chi connectivity index (χ2v) is 6.56. The van der Waals surface area contributed by atoms with Crippen molar-refractivity contribution in [2.45, 2.75) is 13.8 Å². The molecule has 1 aromatic heterocycles. The summed E-state index contributed by atoms with van der Waals surface area (Å²) < 4.78 is 21.7.